The summed E-state index contributed by atoms with van der Waals surface area (Å²) in [5.74, 6) is 1.07. The highest BCUT2D eigenvalue weighted by Gasteiger charge is 2.18. The quantitative estimate of drug-likeness (QED) is 0.745. The van der Waals surface area contributed by atoms with Gasteiger partial charge in [-0.3, -0.25) is 4.90 Å². The molecule has 98 valence electrons. The van der Waals surface area contributed by atoms with Gasteiger partial charge >= 0.3 is 0 Å². The summed E-state index contributed by atoms with van der Waals surface area (Å²) < 4.78 is 2.12. The molecule has 5 heteroatoms. The number of aromatic nitrogens is 3. The van der Waals surface area contributed by atoms with Gasteiger partial charge in [0.1, 0.15) is 12.2 Å². The van der Waals surface area contributed by atoms with E-state index in [-0.39, 0.29) is 5.41 Å². The second kappa shape index (κ2) is 5.49. The van der Waals surface area contributed by atoms with Crippen LogP contribution >= 0.6 is 0 Å². The topological polar surface area (TPSA) is 57.7 Å². The molecule has 0 bridgehead atoms. The average molecular weight is 247 g/mol. The van der Waals surface area contributed by atoms with Gasteiger partial charge in [-0.2, -0.15) is 5.26 Å². The van der Waals surface area contributed by atoms with E-state index in [4.69, 9.17) is 5.26 Å². The smallest absolute Gasteiger partial charge is 0.147 e. The Labute approximate surface area is 108 Å². The molecule has 0 aliphatic carbocycles. The van der Waals surface area contributed by atoms with Crippen molar-refractivity contribution in [3.63, 3.8) is 0 Å². The molecule has 1 aliphatic heterocycles. The minimum absolute atomic E-state index is 0.178. The lowest BCUT2D eigenvalue weighted by Gasteiger charge is -2.27. The molecule has 1 aliphatic rings. The van der Waals surface area contributed by atoms with Crippen LogP contribution in [0.1, 0.15) is 38.9 Å². The van der Waals surface area contributed by atoms with E-state index in [9.17, 15) is 0 Å². The van der Waals surface area contributed by atoms with E-state index in [1.807, 2.05) is 20.2 Å². The Morgan fingerprint density at radius 2 is 2.22 bits per heavy atom. The van der Waals surface area contributed by atoms with Crippen LogP contribution in [-0.2, 0) is 13.1 Å². The number of rotatable bonds is 5. The first-order chi connectivity index (χ1) is 8.61. The van der Waals surface area contributed by atoms with Crippen LogP contribution in [-0.4, -0.2) is 32.8 Å². The molecule has 0 N–H and O–H groups in total. The van der Waals surface area contributed by atoms with Crippen molar-refractivity contribution in [2.75, 3.05) is 13.1 Å². The lowest BCUT2D eigenvalue weighted by atomic mass is 9.89. The van der Waals surface area contributed by atoms with Crippen molar-refractivity contribution >= 4 is 0 Å². The molecule has 1 aromatic rings. The van der Waals surface area contributed by atoms with Gasteiger partial charge in [-0.25, -0.2) is 0 Å². The molecule has 2 heterocycles. The minimum Gasteiger partial charge on any atom is -0.315 e. The minimum atomic E-state index is -0.178. The first kappa shape index (κ1) is 13.0. The summed E-state index contributed by atoms with van der Waals surface area (Å²) in [7, 11) is 0. The highest BCUT2D eigenvalue weighted by molar-refractivity contribution is 4.92. The predicted molar refractivity (Wildman–Crippen MR) is 68.5 cm³/mol. The monoisotopic (exact) mass is 247 g/mol. The van der Waals surface area contributed by atoms with Gasteiger partial charge in [-0.1, -0.05) is 6.42 Å². The third-order valence-corrected chi connectivity index (χ3v) is 3.55. The maximum absolute atomic E-state index is 8.95. The summed E-state index contributed by atoms with van der Waals surface area (Å²) in [5.41, 5.74) is -0.178. The Morgan fingerprint density at radius 1 is 1.39 bits per heavy atom. The highest BCUT2D eigenvalue weighted by atomic mass is 15.3. The molecular weight excluding hydrogens is 226 g/mol. The number of hydrogen-bond acceptors (Lipinski definition) is 4. The third kappa shape index (κ3) is 3.30. The molecular formula is C13H21N5. The summed E-state index contributed by atoms with van der Waals surface area (Å²) in [5, 5.41) is 17.0. The van der Waals surface area contributed by atoms with Crippen molar-refractivity contribution in [3.05, 3.63) is 12.2 Å². The van der Waals surface area contributed by atoms with E-state index >= 15 is 0 Å². The van der Waals surface area contributed by atoms with E-state index in [0.717, 1.165) is 51.3 Å². The Hall–Kier alpha value is -1.41. The molecule has 2 rings (SSSR count). The number of unbranched alkanes of at least 4 members (excludes halogenated alkanes) is 1. The molecule has 18 heavy (non-hydrogen) atoms. The Balaban J connectivity index is 1.69. The summed E-state index contributed by atoms with van der Waals surface area (Å²) in [6.07, 6.45) is 5.05. The molecule has 0 aromatic carbocycles. The maximum Gasteiger partial charge on any atom is 0.147 e. The van der Waals surface area contributed by atoms with Crippen molar-refractivity contribution in [3.8, 4) is 6.07 Å². The van der Waals surface area contributed by atoms with E-state index < -0.39 is 0 Å². The molecule has 0 saturated heterocycles. The van der Waals surface area contributed by atoms with Crippen LogP contribution in [0.25, 0.3) is 0 Å². The summed E-state index contributed by atoms with van der Waals surface area (Å²) in [4.78, 5) is 2.42. The van der Waals surface area contributed by atoms with Gasteiger partial charge in [0.2, 0.25) is 0 Å². The van der Waals surface area contributed by atoms with E-state index in [0.29, 0.717) is 0 Å². The van der Waals surface area contributed by atoms with Gasteiger partial charge in [0.25, 0.3) is 0 Å². The van der Waals surface area contributed by atoms with Crippen LogP contribution in [0.3, 0.4) is 0 Å². The van der Waals surface area contributed by atoms with Crippen molar-refractivity contribution in [1.29, 1.82) is 5.26 Å². The Morgan fingerprint density at radius 3 is 3.00 bits per heavy atom. The van der Waals surface area contributed by atoms with Crippen molar-refractivity contribution < 1.29 is 0 Å². The highest BCUT2D eigenvalue weighted by Crippen LogP contribution is 2.22. The van der Waals surface area contributed by atoms with Gasteiger partial charge in [-0.15, -0.1) is 10.2 Å². The van der Waals surface area contributed by atoms with Crippen molar-refractivity contribution in [2.45, 2.75) is 46.2 Å². The standard InChI is InChI=1S/C13H21N5/c1-13(2,10-14)5-3-4-6-17-7-8-18-11-15-16-12(18)9-17/h11H,3-9H2,1-2H3. The number of nitrogens with zero attached hydrogens (tertiary/aromatic N) is 5. The van der Waals surface area contributed by atoms with E-state index in [1.165, 1.54) is 0 Å². The van der Waals surface area contributed by atoms with Crippen LogP contribution in [0, 0.1) is 16.7 Å². The lowest BCUT2D eigenvalue weighted by molar-refractivity contribution is 0.210. The zero-order valence-electron chi connectivity index (χ0n) is 11.3. The Kier molecular flexibility index (Phi) is 3.97. The molecule has 0 radical (unpaired) electrons. The lowest BCUT2D eigenvalue weighted by Crippen LogP contribution is -2.34. The van der Waals surface area contributed by atoms with E-state index in [2.05, 4.69) is 25.7 Å². The summed E-state index contributed by atoms with van der Waals surface area (Å²) in [6, 6.07) is 2.35. The van der Waals surface area contributed by atoms with Crippen LogP contribution < -0.4 is 0 Å². The van der Waals surface area contributed by atoms with Gasteiger partial charge < -0.3 is 4.57 Å². The fraction of sp³-hybridized carbons (Fsp3) is 0.769. The summed E-state index contributed by atoms with van der Waals surface area (Å²) >= 11 is 0. The molecule has 1 aromatic heterocycles. The average Bonchev–Trinajstić information content (AvgIpc) is 2.82. The first-order valence-corrected chi connectivity index (χ1v) is 6.61. The largest absolute Gasteiger partial charge is 0.315 e. The van der Waals surface area contributed by atoms with Crippen LogP contribution in [0.2, 0.25) is 0 Å². The van der Waals surface area contributed by atoms with Crippen LogP contribution in [0.4, 0.5) is 0 Å². The molecule has 0 unspecified atom stereocenters. The van der Waals surface area contributed by atoms with Gasteiger partial charge in [-0.05, 0) is 33.2 Å². The number of hydrogen-bond donors (Lipinski definition) is 0. The zero-order valence-corrected chi connectivity index (χ0v) is 11.3. The van der Waals surface area contributed by atoms with E-state index in [1.54, 1.807) is 0 Å². The molecule has 0 spiro atoms. The second-order valence-corrected chi connectivity index (χ2v) is 5.67. The van der Waals surface area contributed by atoms with Crippen LogP contribution in [0.15, 0.2) is 6.33 Å². The fourth-order valence-electron chi connectivity index (χ4n) is 2.27. The normalized spacial score (nSPS) is 16.3. The number of nitriles is 1. The molecule has 0 atom stereocenters. The van der Waals surface area contributed by atoms with Crippen molar-refractivity contribution in [1.82, 2.24) is 19.7 Å². The maximum atomic E-state index is 8.95. The fourth-order valence-corrected chi connectivity index (χ4v) is 2.27. The van der Waals surface area contributed by atoms with Crippen LogP contribution in [0.5, 0.6) is 0 Å². The van der Waals surface area contributed by atoms with Crippen molar-refractivity contribution in [2.24, 2.45) is 5.41 Å². The van der Waals surface area contributed by atoms with Gasteiger partial charge in [0.15, 0.2) is 0 Å². The molecule has 0 saturated carbocycles. The third-order valence-electron chi connectivity index (χ3n) is 3.55. The van der Waals surface area contributed by atoms with Gasteiger partial charge in [0, 0.05) is 13.1 Å². The Bertz CT molecular complexity index is 429. The van der Waals surface area contributed by atoms with Gasteiger partial charge in [0.05, 0.1) is 18.0 Å². The first-order valence-electron chi connectivity index (χ1n) is 6.61. The SMILES string of the molecule is CC(C)(C#N)CCCCN1CCn2cnnc2C1. The second-order valence-electron chi connectivity index (χ2n) is 5.67. The summed E-state index contributed by atoms with van der Waals surface area (Å²) in [6.45, 7) is 8.08. The number of fused-ring (bicyclic) bond motifs is 1. The molecule has 0 fully saturated rings. The zero-order chi connectivity index (χ0) is 13.0. The molecule has 0 amide bonds. The predicted octanol–water partition coefficient (Wildman–Crippen LogP) is 1.81. The molecule has 5 nitrogen and oxygen atoms in total.